The van der Waals surface area contributed by atoms with Gasteiger partial charge in [-0.05, 0) is 70.8 Å². The highest BCUT2D eigenvalue weighted by atomic mass is 79.9. The molecule has 0 saturated carbocycles. The van der Waals surface area contributed by atoms with Gasteiger partial charge in [-0.3, -0.25) is 20.2 Å². The molecule has 0 aliphatic rings. The number of nitrogens with zero attached hydrogens (tertiary/aromatic N) is 2. The van der Waals surface area contributed by atoms with Crippen LogP contribution in [0, 0.1) is 20.2 Å². The average molecular weight is 698 g/mol. The van der Waals surface area contributed by atoms with Crippen LogP contribution in [0.15, 0.2) is 118 Å². The summed E-state index contributed by atoms with van der Waals surface area (Å²) in [5.41, 5.74) is 2.16. The van der Waals surface area contributed by atoms with Gasteiger partial charge in [0.2, 0.25) is 0 Å². The lowest BCUT2D eigenvalue weighted by Crippen LogP contribution is -2.19. The van der Waals surface area contributed by atoms with E-state index in [9.17, 15) is 28.6 Å². The summed E-state index contributed by atoms with van der Waals surface area (Å²) in [4.78, 5) is 21.1. The van der Waals surface area contributed by atoms with Crippen LogP contribution in [-0.4, -0.2) is 18.3 Å². The number of hydrogen-bond acceptors (Lipinski definition) is 6. The quantitative estimate of drug-likeness (QED) is 0.121. The fourth-order valence-corrected chi connectivity index (χ4v) is 6.61. The summed E-state index contributed by atoms with van der Waals surface area (Å²) in [6.07, 6.45) is 6.41. The molecular formula is C30H22Br2N2O6S. The lowest BCUT2D eigenvalue weighted by Gasteiger charge is -2.22. The van der Waals surface area contributed by atoms with Crippen LogP contribution in [0.4, 0.5) is 11.4 Å². The summed E-state index contributed by atoms with van der Waals surface area (Å²) < 4.78 is 30.4. The van der Waals surface area contributed by atoms with Crippen molar-refractivity contribution in [3.8, 4) is 0 Å². The van der Waals surface area contributed by atoms with E-state index in [1.807, 2.05) is 0 Å². The van der Waals surface area contributed by atoms with Crippen molar-refractivity contribution >= 4 is 65.2 Å². The third-order valence-electron chi connectivity index (χ3n) is 6.24. The molecule has 208 valence electrons. The molecule has 11 heteroatoms. The van der Waals surface area contributed by atoms with Crippen molar-refractivity contribution < 1.29 is 18.3 Å². The molecule has 0 fully saturated rings. The Morgan fingerprint density at radius 2 is 0.878 bits per heavy atom. The number of halogens is 2. The van der Waals surface area contributed by atoms with Crippen LogP contribution in [0.3, 0.4) is 0 Å². The molecule has 0 bridgehead atoms. The zero-order chi connectivity index (χ0) is 29.6. The molecule has 41 heavy (non-hydrogen) atoms. The third-order valence-corrected chi connectivity index (χ3v) is 9.57. The van der Waals surface area contributed by atoms with Crippen molar-refractivity contribution in [2.24, 2.45) is 0 Å². The second-order valence-corrected chi connectivity index (χ2v) is 13.0. The number of non-ortho nitro benzene ring substituents is 2. The van der Waals surface area contributed by atoms with Crippen molar-refractivity contribution in [1.82, 2.24) is 0 Å². The van der Waals surface area contributed by atoms with Crippen molar-refractivity contribution in [3.05, 3.63) is 161 Å². The Morgan fingerprint density at radius 3 is 1.17 bits per heavy atom. The number of sulfone groups is 1. The van der Waals surface area contributed by atoms with Crippen molar-refractivity contribution in [2.45, 2.75) is 10.5 Å². The van der Waals surface area contributed by atoms with Gasteiger partial charge in [-0.15, -0.1) is 0 Å². The summed E-state index contributed by atoms with van der Waals surface area (Å²) in [6.45, 7) is 0. The molecule has 2 unspecified atom stereocenters. The summed E-state index contributed by atoms with van der Waals surface area (Å²) in [5, 5.41) is 19.9. The fraction of sp³-hybridized carbons (Fsp3) is 0.0667. The highest BCUT2D eigenvalue weighted by Gasteiger charge is 2.33. The first kappa shape index (κ1) is 30.0. The van der Waals surface area contributed by atoms with Crippen LogP contribution in [0.5, 0.6) is 0 Å². The summed E-state index contributed by atoms with van der Waals surface area (Å²) in [7, 11) is -4.00. The molecule has 4 rings (SSSR count). The Bertz CT molecular complexity index is 1580. The second kappa shape index (κ2) is 13.2. The molecule has 0 spiro atoms. The minimum atomic E-state index is -4.00. The topological polar surface area (TPSA) is 120 Å². The molecule has 0 heterocycles. The maximum Gasteiger partial charge on any atom is 0.269 e. The van der Waals surface area contributed by atoms with E-state index in [0.29, 0.717) is 22.3 Å². The van der Waals surface area contributed by atoms with Crippen LogP contribution < -0.4 is 0 Å². The predicted molar refractivity (Wildman–Crippen MR) is 167 cm³/mol. The van der Waals surface area contributed by atoms with Gasteiger partial charge in [0.15, 0.2) is 9.84 Å². The molecule has 0 aliphatic carbocycles. The Labute approximate surface area is 253 Å². The Morgan fingerprint density at radius 1 is 0.561 bits per heavy atom. The van der Waals surface area contributed by atoms with Gasteiger partial charge in [0, 0.05) is 33.2 Å². The van der Waals surface area contributed by atoms with E-state index in [4.69, 9.17) is 0 Å². The standard InChI is InChI=1S/C30H22Br2N2O6S/c31-25-11-7-23(8-12-25)29(19-5-21-1-15-27(16-2-21)33(35)36)41(39,40)30(24-9-13-26(32)14-10-24)20-6-22-3-17-28(18-4-22)34(37)38/h1-20,29-30H/b19-5+,20-6+. The summed E-state index contributed by atoms with van der Waals surface area (Å²) >= 11 is 6.79. The Balaban J connectivity index is 1.79. The number of nitro groups is 2. The molecule has 0 amide bonds. The number of rotatable bonds is 10. The monoisotopic (exact) mass is 696 g/mol. The number of benzene rings is 4. The van der Waals surface area contributed by atoms with E-state index in [1.54, 1.807) is 97.1 Å². The fourth-order valence-electron chi connectivity index (χ4n) is 4.09. The van der Waals surface area contributed by atoms with E-state index in [-0.39, 0.29) is 11.4 Å². The predicted octanol–water partition coefficient (Wildman–Crippen LogP) is 8.65. The maximum absolute atomic E-state index is 14.4. The average Bonchev–Trinajstić information content (AvgIpc) is 2.95. The number of hydrogen-bond donors (Lipinski definition) is 0. The van der Waals surface area contributed by atoms with Gasteiger partial charge in [0.05, 0.1) is 9.85 Å². The zero-order valence-electron chi connectivity index (χ0n) is 21.2. The van der Waals surface area contributed by atoms with Gasteiger partial charge in [0.1, 0.15) is 10.5 Å². The normalized spacial score (nSPS) is 13.3. The van der Waals surface area contributed by atoms with Crippen molar-refractivity contribution in [1.29, 1.82) is 0 Å². The Kier molecular flexibility index (Phi) is 9.64. The van der Waals surface area contributed by atoms with Crippen LogP contribution in [0.2, 0.25) is 0 Å². The summed E-state index contributed by atoms with van der Waals surface area (Å²) in [5.74, 6) is 0. The van der Waals surface area contributed by atoms with Crippen LogP contribution in [0.1, 0.15) is 32.8 Å². The molecule has 0 aliphatic heterocycles. The van der Waals surface area contributed by atoms with Crippen molar-refractivity contribution in [3.63, 3.8) is 0 Å². The number of nitro benzene ring substituents is 2. The third kappa shape index (κ3) is 7.63. The maximum atomic E-state index is 14.4. The van der Waals surface area contributed by atoms with Crippen molar-refractivity contribution in [2.75, 3.05) is 0 Å². The van der Waals surface area contributed by atoms with Gasteiger partial charge >= 0.3 is 0 Å². The first-order valence-corrected chi connectivity index (χ1v) is 15.3. The highest BCUT2D eigenvalue weighted by molar-refractivity contribution is 9.10. The van der Waals surface area contributed by atoms with E-state index in [1.165, 1.54) is 24.3 Å². The largest absolute Gasteiger partial charge is 0.269 e. The molecule has 2 atom stereocenters. The Hall–Kier alpha value is -3.93. The van der Waals surface area contributed by atoms with E-state index < -0.39 is 30.2 Å². The van der Waals surface area contributed by atoms with Crippen LogP contribution in [-0.2, 0) is 9.84 Å². The molecule has 4 aromatic carbocycles. The minimum absolute atomic E-state index is 0.0640. The highest BCUT2D eigenvalue weighted by Crippen LogP contribution is 2.38. The van der Waals surface area contributed by atoms with Gasteiger partial charge < -0.3 is 0 Å². The van der Waals surface area contributed by atoms with Gasteiger partial charge in [-0.2, -0.15) is 0 Å². The SMILES string of the molecule is O=[N+]([O-])c1ccc(/C=C/C(c2ccc(Br)cc2)S(=O)(=O)C(/C=C/c2ccc([N+](=O)[O-])cc2)c2ccc(Br)cc2)cc1. The van der Waals surface area contributed by atoms with E-state index in [0.717, 1.165) is 8.95 Å². The molecule has 8 nitrogen and oxygen atoms in total. The molecule has 0 saturated heterocycles. The van der Waals surface area contributed by atoms with Crippen LogP contribution in [0.25, 0.3) is 12.2 Å². The molecular weight excluding hydrogens is 676 g/mol. The first-order valence-electron chi connectivity index (χ1n) is 12.1. The minimum Gasteiger partial charge on any atom is -0.258 e. The zero-order valence-corrected chi connectivity index (χ0v) is 25.2. The molecule has 4 aromatic rings. The lowest BCUT2D eigenvalue weighted by molar-refractivity contribution is -0.385. The smallest absolute Gasteiger partial charge is 0.258 e. The summed E-state index contributed by atoms with van der Waals surface area (Å²) in [6, 6.07) is 25.6. The second-order valence-electron chi connectivity index (χ2n) is 8.95. The lowest BCUT2D eigenvalue weighted by atomic mass is 10.1. The van der Waals surface area contributed by atoms with Gasteiger partial charge in [-0.25, -0.2) is 8.42 Å². The van der Waals surface area contributed by atoms with Gasteiger partial charge in [-0.1, -0.05) is 80.4 Å². The molecule has 0 radical (unpaired) electrons. The van der Waals surface area contributed by atoms with E-state index >= 15 is 0 Å². The van der Waals surface area contributed by atoms with Gasteiger partial charge in [0.25, 0.3) is 11.4 Å². The molecule has 0 N–H and O–H groups in total. The first-order chi connectivity index (χ1) is 19.5. The van der Waals surface area contributed by atoms with Crippen LogP contribution >= 0.6 is 31.9 Å². The molecule has 0 aromatic heterocycles. The van der Waals surface area contributed by atoms with E-state index in [2.05, 4.69) is 31.9 Å².